The smallest absolute Gasteiger partial charge is 0.0540 e. The maximum Gasteiger partial charge on any atom is 0.0540 e. The highest BCUT2D eigenvalue weighted by molar-refractivity contribution is 4.54. The van der Waals surface area contributed by atoms with Crippen LogP contribution in [0.1, 0.15) is 52.4 Å². The van der Waals surface area contributed by atoms with E-state index in [0.717, 1.165) is 51.7 Å². The average Bonchev–Trinajstić information content (AvgIpc) is 2.11. The van der Waals surface area contributed by atoms with Gasteiger partial charge in [-0.25, -0.2) is 0 Å². The molecule has 0 rings (SSSR count). The Kier molecular flexibility index (Phi) is 9.94. The summed E-state index contributed by atoms with van der Waals surface area (Å²) >= 11 is 0. The number of unbranched alkanes of at least 4 members (excludes halogenated alkanes) is 1. The minimum atomic E-state index is -0.0869. The van der Waals surface area contributed by atoms with E-state index in [-0.39, 0.29) is 6.10 Å². The molecule has 2 heteroatoms. The summed E-state index contributed by atoms with van der Waals surface area (Å²) in [5.74, 6) is 0. The first-order valence-electron chi connectivity index (χ1n) is 5.57. The van der Waals surface area contributed by atoms with Crippen molar-refractivity contribution in [1.29, 1.82) is 0 Å². The SMILES string of the molecule is CCCOCCCCC(O)CCC. The first-order chi connectivity index (χ1) is 6.31. The molecule has 0 aromatic heterocycles. The van der Waals surface area contributed by atoms with E-state index in [4.69, 9.17) is 4.74 Å². The summed E-state index contributed by atoms with van der Waals surface area (Å²) in [4.78, 5) is 0. The van der Waals surface area contributed by atoms with Gasteiger partial charge in [0.05, 0.1) is 6.10 Å². The molecule has 0 aromatic carbocycles. The second-order valence-corrected chi connectivity index (χ2v) is 3.55. The molecule has 0 saturated carbocycles. The second-order valence-electron chi connectivity index (χ2n) is 3.55. The molecule has 1 atom stereocenters. The summed E-state index contributed by atoms with van der Waals surface area (Å²) < 4.78 is 5.34. The summed E-state index contributed by atoms with van der Waals surface area (Å²) in [6, 6.07) is 0. The van der Waals surface area contributed by atoms with E-state index in [0.29, 0.717) is 0 Å². The molecule has 0 aliphatic rings. The normalized spacial score (nSPS) is 13.2. The Labute approximate surface area is 82.3 Å². The highest BCUT2D eigenvalue weighted by Crippen LogP contribution is 2.06. The maximum atomic E-state index is 9.41. The second kappa shape index (κ2) is 10.0. The molecule has 13 heavy (non-hydrogen) atoms. The van der Waals surface area contributed by atoms with Crippen LogP contribution in [0.5, 0.6) is 0 Å². The van der Waals surface area contributed by atoms with Gasteiger partial charge in [-0.05, 0) is 32.1 Å². The van der Waals surface area contributed by atoms with Crippen molar-refractivity contribution >= 4 is 0 Å². The molecule has 0 heterocycles. The summed E-state index contributed by atoms with van der Waals surface area (Å²) in [6.07, 6.45) is 6.13. The molecular weight excluding hydrogens is 164 g/mol. The number of hydrogen-bond donors (Lipinski definition) is 1. The van der Waals surface area contributed by atoms with E-state index in [2.05, 4.69) is 13.8 Å². The van der Waals surface area contributed by atoms with Gasteiger partial charge in [0.25, 0.3) is 0 Å². The summed E-state index contributed by atoms with van der Waals surface area (Å²) in [5, 5.41) is 9.41. The Balaban J connectivity index is 2.97. The minimum absolute atomic E-state index is 0.0869. The van der Waals surface area contributed by atoms with Crippen LogP contribution in [0.4, 0.5) is 0 Å². The van der Waals surface area contributed by atoms with Crippen molar-refractivity contribution in [2.45, 2.75) is 58.5 Å². The van der Waals surface area contributed by atoms with Crippen LogP contribution in [0, 0.1) is 0 Å². The molecule has 1 unspecified atom stereocenters. The van der Waals surface area contributed by atoms with Crippen LogP contribution in [0.3, 0.4) is 0 Å². The average molecular weight is 188 g/mol. The van der Waals surface area contributed by atoms with Crippen molar-refractivity contribution < 1.29 is 9.84 Å². The highest BCUT2D eigenvalue weighted by Gasteiger charge is 2.01. The molecule has 2 nitrogen and oxygen atoms in total. The van der Waals surface area contributed by atoms with Crippen LogP contribution in [0.15, 0.2) is 0 Å². The lowest BCUT2D eigenvalue weighted by Crippen LogP contribution is -2.06. The molecule has 0 aromatic rings. The maximum absolute atomic E-state index is 9.41. The lowest BCUT2D eigenvalue weighted by molar-refractivity contribution is 0.118. The molecule has 1 N–H and O–H groups in total. The molecular formula is C11H24O2. The van der Waals surface area contributed by atoms with Crippen molar-refractivity contribution in [3.63, 3.8) is 0 Å². The minimum Gasteiger partial charge on any atom is -0.393 e. The topological polar surface area (TPSA) is 29.5 Å². The van der Waals surface area contributed by atoms with E-state index < -0.39 is 0 Å². The number of aliphatic hydroxyl groups excluding tert-OH is 1. The van der Waals surface area contributed by atoms with Gasteiger partial charge in [0, 0.05) is 13.2 Å². The Morgan fingerprint density at radius 2 is 1.77 bits per heavy atom. The van der Waals surface area contributed by atoms with Crippen molar-refractivity contribution in [2.24, 2.45) is 0 Å². The molecule has 0 saturated heterocycles. The standard InChI is InChI=1S/C11H24O2/c1-3-7-11(12)8-5-6-10-13-9-4-2/h11-12H,3-10H2,1-2H3. The van der Waals surface area contributed by atoms with Gasteiger partial charge in [-0.1, -0.05) is 20.3 Å². The fourth-order valence-electron chi connectivity index (χ4n) is 1.31. The van der Waals surface area contributed by atoms with E-state index in [1.54, 1.807) is 0 Å². The number of aliphatic hydroxyl groups is 1. The van der Waals surface area contributed by atoms with E-state index >= 15 is 0 Å². The third kappa shape index (κ3) is 9.84. The summed E-state index contributed by atoms with van der Waals surface area (Å²) in [7, 11) is 0. The molecule has 0 aliphatic carbocycles. The molecule has 0 radical (unpaired) electrons. The number of hydrogen-bond acceptors (Lipinski definition) is 2. The highest BCUT2D eigenvalue weighted by atomic mass is 16.5. The monoisotopic (exact) mass is 188 g/mol. The predicted octanol–water partition coefficient (Wildman–Crippen LogP) is 2.74. The van der Waals surface area contributed by atoms with Gasteiger partial charge in [-0.15, -0.1) is 0 Å². The van der Waals surface area contributed by atoms with Crippen LogP contribution in [-0.4, -0.2) is 24.4 Å². The van der Waals surface area contributed by atoms with Gasteiger partial charge in [-0.3, -0.25) is 0 Å². The van der Waals surface area contributed by atoms with E-state index in [1.807, 2.05) is 0 Å². The largest absolute Gasteiger partial charge is 0.393 e. The quantitative estimate of drug-likeness (QED) is 0.564. The number of rotatable bonds is 9. The van der Waals surface area contributed by atoms with Crippen LogP contribution in [0.25, 0.3) is 0 Å². The zero-order valence-electron chi connectivity index (χ0n) is 9.09. The zero-order valence-corrected chi connectivity index (χ0v) is 9.09. The van der Waals surface area contributed by atoms with Crippen molar-refractivity contribution in [2.75, 3.05) is 13.2 Å². The van der Waals surface area contributed by atoms with Gasteiger partial charge in [0.15, 0.2) is 0 Å². The third-order valence-corrected chi connectivity index (χ3v) is 2.05. The molecule has 0 aliphatic heterocycles. The Morgan fingerprint density at radius 3 is 2.38 bits per heavy atom. The molecule has 80 valence electrons. The summed E-state index contributed by atoms with van der Waals surface area (Å²) in [5.41, 5.74) is 0. The van der Waals surface area contributed by atoms with Gasteiger partial charge in [0.2, 0.25) is 0 Å². The molecule has 0 fully saturated rings. The van der Waals surface area contributed by atoms with Crippen LogP contribution < -0.4 is 0 Å². The van der Waals surface area contributed by atoms with E-state index in [1.165, 1.54) is 0 Å². The molecule has 0 amide bonds. The summed E-state index contributed by atoms with van der Waals surface area (Å²) in [6.45, 7) is 5.95. The number of ether oxygens (including phenoxy) is 1. The predicted molar refractivity (Wildman–Crippen MR) is 55.9 cm³/mol. The molecule has 0 spiro atoms. The van der Waals surface area contributed by atoms with Gasteiger partial charge in [-0.2, -0.15) is 0 Å². The Hall–Kier alpha value is -0.0800. The zero-order chi connectivity index (χ0) is 9.94. The van der Waals surface area contributed by atoms with Crippen molar-refractivity contribution in [3.8, 4) is 0 Å². The fourth-order valence-corrected chi connectivity index (χ4v) is 1.31. The van der Waals surface area contributed by atoms with Gasteiger partial charge < -0.3 is 9.84 Å². The Morgan fingerprint density at radius 1 is 1.00 bits per heavy atom. The lowest BCUT2D eigenvalue weighted by atomic mass is 10.1. The lowest BCUT2D eigenvalue weighted by Gasteiger charge is -2.08. The van der Waals surface area contributed by atoms with E-state index in [9.17, 15) is 5.11 Å². The fraction of sp³-hybridized carbons (Fsp3) is 1.00. The first-order valence-corrected chi connectivity index (χ1v) is 5.57. The first kappa shape index (κ1) is 12.9. The van der Waals surface area contributed by atoms with Crippen LogP contribution >= 0.6 is 0 Å². The van der Waals surface area contributed by atoms with Gasteiger partial charge in [0.1, 0.15) is 0 Å². The van der Waals surface area contributed by atoms with Crippen LogP contribution in [-0.2, 0) is 4.74 Å². The third-order valence-electron chi connectivity index (χ3n) is 2.05. The van der Waals surface area contributed by atoms with Crippen molar-refractivity contribution in [3.05, 3.63) is 0 Å². The molecule has 0 bridgehead atoms. The van der Waals surface area contributed by atoms with Crippen molar-refractivity contribution in [1.82, 2.24) is 0 Å². The Bertz CT molecular complexity index is 94.1. The van der Waals surface area contributed by atoms with Gasteiger partial charge >= 0.3 is 0 Å². The van der Waals surface area contributed by atoms with Crippen LogP contribution in [0.2, 0.25) is 0 Å².